The Labute approximate surface area is 302 Å². The van der Waals surface area contributed by atoms with E-state index >= 15 is 0 Å². The maximum atomic E-state index is 14.0. The molecule has 0 aliphatic carbocycles. The molecule has 0 saturated carbocycles. The van der Waals surface area contributed by atoms with Crippen molar-refractivity contribution in [1.29, 1.82) is 0 Å². The quantitative estimate of drug-likeness (QED) is 0.188. The number of para-hydroxylation sites is 3. The van der Waals surface area contributed by atoms with Crippen LogP contribution in [0.5, 0.6) is 0 Å². The van der Waals surface area contributed by atoms with Crippen molar-refractivity contribution >= 4 is 65.3 Å². The third-order valence-corrected chi connectivity index (χ3v) is 10.3. The maximum Gasteiger partial charge on any atom is 0.256 e. The van der Waals surface area contributed by atoms with E-state index in [0.717, 1.165) is 76.7 Å². The molecule has 4 heterocycles. The van der Waals surface area contributed by atoms with E-state index in [9.17, 15) is 4.79 Å². The number of aromatic nitrogens is 6. The number of nitrogens with zero attached hydrogens (tertiary/aromatic N) is 5. The number of fused-ring (bicyclic) bond motifs is 11. The Morgan fingerprint density at radius 1 is 0.415 bits per heavy atom. The van der Waals surface area contributed by atoms with E-state index in [2.05, 4.69) is 93.0 Å². The first kappa shape index (κ1) is 29.4. The van der Waals surface area contributed by atoms with Gasteiger partial charge in [-0.3, -0.25) is 9.36 Å². The lowest BCUT2D eigenvalue weighted by Gasteiger charge is -2.13. The molecule has 0 bridgehead atoms. The fourth-order valence-corrected chi connectivity index (χ4v) is 8.07. The molecule has 0 aliphatic rings. The molecule has 0 spiro atoms. The highest BCUT2D eigenvalue weighted by Crippen LogP contribution is 2.43. The lowest BCUT2D eigenvalue weighted by Crippen LogP contribution is -2.08. The minimum absolute atomic E-state index is 0.125. The zero-order chi connectivity index (χ0) is 35.0. The van der Waals surface area contributed by atoms with Gasteiger partial charge in [-0.25, -0.2) is 4.98 Å². The molecule has 7 aromatic carbocycles. The van der Waals surface area contributed by atoms with Crippen LogP contribution in [-0.4, -0.2) is 29.1 Å². The highest BCUT2D eigenvalue weighted by Gasteiger charge is 2.23. The first-order chi connectivity index (χ1) is 26.2. The Morgan fingerprint density at radius 2 is 0.981 bits per heavy atom. The molecule has 7 nitrogen and oxygen atoms in total. The van der Waals surface area contributed by atoms with E-state index in [-0.39, 0.29) is 5.56 Å². The maximum absolute atomic E-state index is 14.0. The highest BCUT2D eigenvalue weighted by molar-refractivity contribution is 6.33. The molecular formula is C46H28N6O. The van der Waals surface area contributed by atoms with Crippen LogP contribution in [0, 0.1) is 0 Å². The van der Waals surface area contributed by atoms with Crippen molar-refractivity contribution in [3.05, 3.63) is 174 Å². The zero-order valence-electron chi connectivity index (χ0n) is 28.2. The van der Waals surface area contributed by atoms with Crippen molar-refractivity contribution in [2.75, 3.05) is 0 Å². The predicted molar refractivity (Wildman–Crippen MR) is 215 cm³/mol. The number of rotatable bonds is 4. The van der Waals surface area contributed by atoms with Crippen LogP contribution < -0.4 is 5.56 Å². The molecule has 11 aromatic rings. The smallest absolute Gasteiger partial charge is 0.256 e. The molecule has 0 atom stereocenters. The summed E-state index contributed by atoms with van der Waals surface area (Å²) in [6.45, 7) is 0. The number of pyridine rings is 1. The summed E-state index contributed by atoms with van der Waals surface area (Å²) >= 11 is 0. The van der Waals surface area contributed by atoms with Gasteiger partial charge in [0.05, 0.1) is 22.1 Å². The first-order valence-corrected chi connectivity index (χ1v) is 17.6. The van der Waals surface area contributed by atoms with Gasteiger partial charge in [0, 0.05) is 60.0 Å². The van der Waals surface area contributed by atoms with Crippen LogP contribution in [-0.2, 0) is 0 Å². The Balaban J connectivity index is 1.33. The second kappa shape index (κ2) is 11.3. The van der Waals surface area contributed by atoms with Gasteiger partial charge in [0.1, 0.15) is 0 Å². The molecule has 53 heavy (non-hydrogen) atoms. The normalized spacial score (nSPS) is 11.8. The molecular weight excluding hydrogens is 653 g/mol. The van der Waals surface area contributed by atoms with Crippen molar-refractivity contribution in [2.24, 2.45) is 0 Å². The molecule has 248 valence electrons. The summed E-state index contributed by atoms with van der Waals surface area (Å²) in [6.07, 6.45) is 0. The van der Waals surface area contributed by atoms with Crippen molar-refractivity contribution in [3.63, 3.8) is 0 Å². The number of benzene rings is 7. The van der Waals surface area contributed by atoms with Crippen LogP contribution in [0.3, 0.4) is 0 Å². The number of hydrogen-bond acceptors (Lipinski definition) is 4. The Morgan fingerprint density at radius 3 is 1.66 bits per heavy atom. The number of H-pyrrole nitrogens is 1. The summed E-state index contributed by atoms with van der Waals surface area (Å²) in [4.78, 5) is 32.5. The van der Waals surface area contributed by atoms with Crippen molar-refractivity contribution in [2.45, 2.75) is 0 Å². The zero-order valence-corrected chi connectivity index (χ0v) is 28.2. The summed E-state index contributed by atoms with van der Waals surface area (Å²) in [5.74, 6) is 1.69. The third-order valence-electron chi connectivity index (χ3n) is 10.3. The van der Waals surface area contributed by atoms with Gasteiger partial charge >= 0.3 is 0 Å². The highest BCUT2D eigenvalue weighted by atomic mass is 16.1. The molecule has 11 rings (SSSR count). The van der Waals surface area contributed by atoms with Crippen LogP contribution in [0.25, 0.3) is 99.7 Å². The average Bonchev–Trinajstić information content (AvgIpc) is 3.75. The van der Waals surface area contributed by atoms with Crippen molar-refractivity contribution in [1.82, 2.24) is 29.1 Å². The first-order valence-electron chi connectivity index (χ1n) is 17.6. The van der Waals surface area contributed by atoms with Crippen LogP contribution in [0.4, 0.5) is 0 Å². The summed E-state index contributed by atoms with van der Waals surface area (Å²) < 4.78 is 4.43. The molecule has 4 aromatic heterocycles. The second-order valence-corrected chi connectivity index (χ2v) is 13.3. The fraction of sp³-hybridized carbons (Fsp3) is 0. The minimum atomic E-state index is -0.125. The SMILES string of the molecule is O=c1[nH]c2ccc3c(c4ccccc4n3-c3nc(-c4ccccc4)nc(-c4ccccc4)n3)c2c2c1ccc1c3ccccc3n(-c3ccccc3)c12. The second-order valence-electron chi connectivity index (χ2n) is 13.3. The lowest BCUT2D eigenvalue weighted by atomic mass is 9.98. The van der Waals surface area contributed by atoms with Gasteiger partial charge in [-0.15, -0.1) is 0 Å². The Hall–Kier alpha value is -7.38. The molecule has 0 fully saturated rings. The average molecular weight is 681 g/mol. The molecule has 0 saturated heterocycles. The van der Waals surface area contributed by atoms with Crippen molar-refractivity contribution < 1.29 is 0 Å². The predicted octanol–water partition coefficient (Wildman–Crippen LogP) is 10.4. The monoisotopic (exact) mass is 680 g/mol. The van der Waals surface area contributed by atoms with E-state index in [1.54, 1.807) is 0 Å². The van der Waals surface area contributed by atoms with Gasteiger partial charge in [0.15, 0.2) is 11.6 Å². The van der Waals surface area contributed by atoms with Crippen LogP contribution in [0.2, 0.25) is 0 Å². The molecule has 0 amide bonds. The van der Waals surface area contributed by atoms with E-state index in [1.807, 2.05) is 84.9 Å². The lowest BCUT2D eigenvalue weighted by molar-refractivity contribution is 0.953. The molecule has 0 aliphatic heterocycles. The Kier molecular flexibility index (Phi) is 6.27. The topological polar surface area (TPSA) is 81.4 Å². The number of hydrogen-bond donors (Lipinski definition) is 1. The van der Waals surface area contributed by atoms with Crippen LogP contribution in [0.1, 0.15) is 0 Å². The van der Waals surface area contributed by atoms with Gasteiger partial charge in [-0.2, -0.15) is 9.97 Å². The summed E-state index contributed by atoms with van der Waals surface area (Å²) in [6, 6.07) is 55.4. The van der Waals surface area contributed by atoms with Gasteiger partial charge < -0.3 is 9.55 Å². The van der Waals surface area contributed by atoms with E-state index in [1.165, 1.54) is 0 Å². The van der Waals surface area contributed by atoms with E-state index in [4.69, 9.17) is 15.0 Å². The molecule has 0 unspecified atom stereocenters. The fourth-order valence-electron chi connectivity index (χ4n) is 8.07. The summed E-state index contributed by atoms with van der Waals surface area (Å²) in [5.41, 5.74) is 7.43. The molecule has 1 N–H and O–H groups in total. The Bertz CT molecular complexity index is 3230. The van der Waals surface area contributed by atoms with Gasteiger partial charge in [0.25, 0.3) is 5.56 Å². The summed E-state index contributed by atoms with van der Waals surface area (Å²) in [7, 11) is 0. The standard InChI is InChI=1S/C46H28N6O/c53-45-34-25-24-32-31-20-10-12-22-36(31)51(30-18-8-3-9-19-30)42(32)40(34)41-35(47-45)26-27-38-39(41)33-21-11-13-23-37(33)52(38)46-49-43(28-14-4-1-5-15-28)48-44(50-46)29-16-6-2-7-17-29/h1-27H,(H,47,53). The third kappa shape index (κ3) is 4.34. The van der Waals surface area contributed by atoms with Gasteiger partial charge in [-0.05, 0) is 42.5 Å². The van der Waals surface area contributed by atoms with Crippen molar-refractivity contribution in [3.8, 4) is 34.4 Å². The number of nitrogens with one attached hydrogen (secondary N) is 1. The van der Waals surface area contributed by atoms with E-state index < -0.39 is 0 Å². The molecule has 7 heteroatoms. The van der Waals surface area contributed by atoms with E-state index in [0.29, 0.717) is 23.0 Å². The number of aromatic amines is 1. The molecule has 0 radical (unpaired) electrons. The minimum Gasteiger partial charge on any atom is -0.321 e. The van der Waals surface area contributed by atoms with Crippen LogP contribution in [0.15, 0.2) is 169 Å². The van der Waals surface area contributed by atoms with Crippen LogP contribution >= 0.6 is 0 Å². The largest absolute Gasteiger partial charge is 0.321 e. The van der Waals surface area contributed by atoms with Gasteiger partial charge in [0.2, 0.25) is 5.95 Å². The summed E-state index contributed by atoms with van der Waals surface area (Å²) in [5, 5.41) is 6.76. The van der Waals surface area contributed by atoms with Gasteiger partial charge in [-0.1, -0.05) is 121 Å².